The van der Waals surface area contributed by atoms with Crippen LogP contribution in [0, 0.1) is 0 Å². The maximum Gasteiger partial charge on any atom is 0.0594 e. The van der Waals surface area contributed by atoms with Crippen molar-refractivity contribution in [3.63, 3.8) is 0 Å². The van der Waals surface area contributed by atoms with Gasteiger partial charge in [0.25, 0.3) is 0 Å². The van der Waals surface area contributed by atoms with Crippen molar-refractivity contribution in [1.29, 1.82) is 0 Å². The second-order valence-electron chi connectivity index (χ2n) is 7.77. The Hall–Kier alpha value is 0.720. The molecule has 0 N–H and O–H groups in total. The monoisotopic (exact) mass is 378 g/mol. The highest BCUT2D eigenvalue weighted by molar-refractivity contribution is 7.75. The summed E-state index contributed by atoms with van der Waals surface area (Å²) in [6.45, 7) is 9.43. The number of halogens is 1. The summed E-state index contributed by atoms with van der Waals surface area (Å²) in [5.41, 5.74) is 0. The van der Waals surface area contributed by atoms with E-state index in [1.165, 1.54) is 89.9 Å². The third-order valence-corrected chi connectivity index (χ3v) is 10.5. The van der Waals surface area contributed by atoms with Crippen molar-refractivity contribution < 1.29 is 12.4 Å². The van der Waals surface area contributed by atoms with Crippen LogP contribution >= 0.6 is 7.26 Å². The fourth-order valence-electron chi connectivity index (χ4n) is 3.76. The first-order valence-electron chi connectivity index (χ1n) is 11.1. The Morgan fingerprint density at radius 2 is 0.667 bits per heavy atom. The molecule has 0 heterocycles. The van der Waals surface area contributed by atoms with Gasteiger partial charge < -0.3 is 12.4 Å². The molecule has 0 bridgehead atoms. The molecule has 0 aromatic heterocycles. The normalized spacial score (nSPS) is 11.5. The third kappa shape index (κ3) is 15.0. The van der Waals surface area contributed by atoms with Gasteiger partial charge in [0.05, 0.1) is 24.6 Å². The molecule has 0 unspecified atom stereocenters. The van der Waals surface area contributed by atoms with E-state index in [4.69, 9.17) is 0 Å². The van der Waals surface area contributed by atoms with E-state index in [0.717, 1.165) is 0 Å². The molecule has 2 heteroatoms. The van der Waals surface area contributed by atoms with Crippen LogP contribution < -0.4 is 12.4 Å². The van der Waals surface area contributed by atoms with Gasteiger partial charge in [-0.2, -0.15) is 0 Å². The van der Waals surface area contributed by atoms with Crippen LogP contribution in [0.2, 0.25) is 0 Å². The summed E-state index contributed by atoms with van der Waals surface area (Å²) < 4.78 is 0. The summed E-state index contributed by atoms with van der Waals surface area (Å²) in [6, 6.07) is 0. The molecule has 0 saturated heterocycles. The molecule has 0 saturated carbocycles. The highest BCUT2D eigenvalue weighted by Crippen LogP contribution is 2.61. The summed E-state index contributed by atoms with van der Waals surface area (Å²) in [5.74, 6) is 0. The standard InChI is InChI=1S/C22H48P.ClH/c1-5-9-13-15-17-21-23(19-11-7-3,20-12-8-4)22-18-16-14-10-6-2;/h5-22H2,1-4H3;1H/q+1;/p-1. The van der Waals surface area contributed by atoms with Crippen LogP contribution in [0.3, 0.4) is 0 Å². The molecular weight excluding hydrogens is 331 g/mol. The molecule has 0 radical (unpaired) electrons. The van der Waals surface area contributed by atoms with Gasteiger partial charge in [0.15, 0.2) is 0 Å². The predicted molar refractivity (Wildman–Crippen MR) is 114 cm³/mol. The molecule has 0 nitrogen and oxygen atoms in total. The highest BCUT2D eigenvalue weighted by atomic mass is 35.5. The Bertz CT molecular complexity index is 206. The average Bonchev–Trinajstić information content (AvgIpc) is 2.57. The molecule has 0 aromatic rings. The smallest absolute Gasteiger partial charge is 0.0594 e. The summed E-state index contributed by atoms with van der Waals surface area (Å²) in [5, 5.41) is 0. The maximum atomic E-state index is 2.39. The lowest BCUT2D eigenvalue weighted by Crippen LogP contribution is -3.00. The molecule has 0 spiro atoms. The first kappa shape index (κ1) is 26.9. The minimum Gasteiger partial charge on any atom is -1.00 e. The fourth-order valence-corrected chi connectivity index (χ4v) is 8.86. The predicted octanol–water partition coefficient (Wildman–Crippen LogP) is 5.55. The van der Waals surface area contributed by atoms with Crippen LogP contribution in [0.5, 0.6) is 0 Å². The van der Waals surface area contributed by atoms with Gasteiger partial charge in [-0.25, -0.2) is 0 Å². The Morgan fingerprint density at radius 3 is 1.00 bits per heavy atom. The minimum atomic E-state index is -0.627. The highest BCUT2D eigenvalue weighted by Gasteiger charge is 2.34. The van der Waals surface area contributed by atoms with Crippen LogP contribution in [0.4, 0.5) is 0 Å². The van der Waals surface area contributed by atoms with Crippen LogP contribution in [0.1, 0.15) is 118 Å². The zero-order valence-electron chi connectivity index (χ0n) is 17.6. The van der Waals surface area contributed by atoms with Crippen LogP contribution in [-0.2, 0) is 0 Å². The van der Waals surface area contributed by atoms with Crippen molar-refractivity contribution in [3.8, 4) is 0 Å². The second-order valence-corrected chi connectivity index (χ2v) is 12.2. The van der Waals surface area contributed by atoms with Gasteiger partial charge in [-0.3, -0.25) is 0 Å². The molecular formula is C22H48ClP. The number of hydrogen-bond acceptors (Lipinski definition) is 0. The van der Waals surface area contributed by atoms with Gasteiger partial charge in [-0.15, -0.1) is 0 Å². The van der Waals surface area contributed by atoms with Crippen molar-refractivity contribution in [2.75, 3.05) is 24.6 Å². The van der Waals surface area contributed by atoms with Gasteiger partial charge in [-0.1, -0.05) is 79.1 Å². The lowest BCUT2D eigenvalue weighted by atomic mass is 10.2. The molecule has 148 valence electrons. The van der Waals surface area contributed by atoms with E-state index in [-0.39, 0.29) is 12.4 Å². The summed E-state index contributed by atoms with van der Waals surface area (Å²) >= 11 is 0. The number of unbranched alkanes of at least 4 members (excludes halogenated alkanes) is 10. The SMILES string of the molecule is CCCCCCC[P+](CCCC)(CCCC)CCCCCCC.[Cl-]. The van der Waals surface area contributed by atoms with E-state index in [9.17, 15) is 0 Å². The van der Waals surface area contributed by atoms with E-state index in [0.29, 0.717) is 0 Å². The van der Waals surface area contributed by atoms with E-state index in [1.807, 2.05) is 0 Å². The quantitative estimate of drug-likeness (QED) is 0.217. The Labute approximate surface area is 162 Å². The van der Waals surface area contributed by atoms with Gasteiger partial charge in [0, 0.05) is 7.26 Å². The van der Waals surface area contributed by atoms with Gasteiger partial charge >= 0.3 is 0 Å². The largest absolute Gasteiger partial charge is 1.00 e. The van der Waals surface area contributed by atoms with Crippen molar-refractivity contribution in [1.82, 2.24) is 0 Å². The molecule has 0 rings (SSSR count). The lowest BCUT2D eigenvalue weighted by molar-refractivity contribution is -0.00000535. The minimum absolute atomic E-state index is 0. The van der Waals surface area contributed by atoms with E-state index < -0.39 is 7.26 Å². The topological polar surface area (TPSA) is 0 Å². The molecule has 0 aliphatic carbocycles. The van der Waals surface area contributed by atoms with E-state index in [2.05, 4.69) is 27.7 Å². The third-order valence-electron chi connectivity index (χ3n) is 5.44. The summed E-state index contributed by atoms with van der Waals surface area (Å²) in [7, 11) is -0.627. The molecule has 0 atom stereocenters. The van der Waals surface area contributed by atoms with Crippen molar-refractivity contribution in [3.05, 3.63) is 0 Å². The van der Waals surface area contributed by atoms with Crippen molar-refractivity contribution in [2.45, 2.75) is 118 Å². The van der Waals surface area contributed by atoms with Gasteiger partial charge in [0.1, 0.15) is 0 Å². The van der Waals surface area contributed by atoms with E-state index in [1.54, 1.807) is 24.6 Å². The summed E-state index contributed by atoms with van der Waals surface area (Å²) in [6.07, 6.45) is 27.0. The van der Waals surface area contributed by atoms with E-state index >= 15 is 0 Å². The lowest BCUT2D eigenvalue weighted by Gasteiger charge is -2.28. The van der Waals surface area contributed by atoms with Crippen molar-refractivity contribution in [2.24, 2.45) is 0 Å². The first-order chi connectivity index (χ1) is 11.2. The Balaban J connectivity index is 0. The first-order valence-corrected chi connectivity index (χ1v) is 13.6. The maximum absolute atomic E-state index is 2.39. The van der Waals surface area contributed by atoms with Gasteiger partial charge in [0.2, 0.25) is 0 Å². The molecule has 0 amide bonds. The molecule has 0 aromatic carbocycles. The zero-order chi connectivity index (χ0) is 17.2. The zero-order valence-corrected chi connectivity index (χ0v) is 19.2. The fraction of sp³-hybridized carbons (Fsp3) is 1.00. The second kappa shape index (κ2) is 20.0. The van der Waals surface area contributed by atoms with Crippen molar-refractivity contribution >= 4 is 7.26 Å². The van der Waals surface area contributed by atoms with Crippen LogP contribution in [-0.4, -0.2) is 24.6 Å². The molecule has 0 fully saturated rings. The van der Waals surface area contributed by atoms with Crippen LogP contribution in [0.25, 0.3) is 0 Å². The summed E-state index contributed by atoms with van der Waals surface area (Å²) in [4.78, 5) is 0. The van der Waals surface area contributed by atoms with Gasteiger partial charge in [-0.05, 0) is 38.5 Å². The number of rotatable bonds is 18. The average molecular weight is 379 g/mol. The van der Waals surface area contributed by atoms with Crippen LogP contribution in [0.15, 0.2) is 0 Å². The Morgan fingerprint density at radius 1 is 0.375 bits per heavy atom. The molecule has 0 aliphatic rings. The number of hydrogen-bond donors (Lipinski definition) is 0. The Kier molecular flexibility index (Phi) is 22.5. The molecule has 24 heavy (non-hydrogen) atoms. The molecule has 0 aliphatic heterocycles.